The van der Waals surface area contributed by atoms with Crippen LogP contribution in [0.2, 0.25) is 0 Å². The van der Waals surface area contributed by atoms with Crippen LogP contribution in [0.1, 0.15) is 36.4 Å². The van der Waals surface area contributed by atoms with Gasteiger partial charge in [-0.3, -0.25) is 0 Å². The Morgan fingerprint density at radius 2 is 2.13 bits per heavy atom. The van der Waals surface area contributed by atoms with E-state index in [-0.39, 0.29) is 11.9 Å². The Balaban J connectivity index is 1.74. The molecule has 3 atom stereocenters. The highest BCUT2D eigenvalue weighted by Gasteiger charge is 2.38. The van der Waals surface area contributed by atoms with Gasteiger partial charge in [-0.05, 0) is 60.7 Å². The van der Waals surface area contributed by atoms with Gasteiger partial charge in [0.2, 0.25) is 0 Å². The van der Waals surface area contributed by atoms with Crippen LogP contribution >= 0.6 is 0 Å². The highest BCUT2D eigenvalue weighted by molar-refractivity contribution is 5.61. The minimum Gasteiger partial charge on any atom is -0.494 e. The van der Waals surface area contributed by atoms with Crippen LogP contribution in [0.3, 0.4) is 0 Å². The van der Waals surface area contributed by atoms with Gasteiger partial charge in [0, 0.05) is 11.6 Å². The van der Waals surface area contributed by atoms with Crippen LogP contribution in [0.4, 0.5) is 10.1 Å². The predicted molar refractivity (Wildman–Crippen MR) is 90.4 cm³/mol. The molecule has 3 heteroatoms. The molecule has 4 rings (SSSR count). The molecule has 2 nitrogen and oxygen atoms in total. The van der Waals surface area contributed by atoms with Crippen molar-refractivity contribution in [2.24, 2.45) is 5.92 Å². The molecule has 1 aliphatic carbocycles. The number of allylic oxidation sites excluding steroid dienone is 2. The van der Waals surface area contributed by atoms with Gasteiger partial charge in [-0.1, -0.05) is 24.3 Å². The van der Waals surface area contributed by atoms with Crippen LogP contribution in [0, 0.1) is 11.7 Å². The van der Waals surface area contributed by atoms with E-state index in [4.69, 9.17) is 4.74 Å². The molecule has 0 radical (unpaired) electrons. The number of hydrogen-bond donors (Lipinski definition) is 1. The van der Waals surface area contributed by atoms with E-state index in [0.29, 0.717) is 18.4 Å². The van der Waals surface area contributed by atoms with Crippen LogP contribution in [0.15, 0.2) is 54.6 Å². The number of benzene rings is 2. The maximum atomic E-state index is 13.6. The second-order valence-electron chi connectivity index (χ2n) is 6.21. The first-order valence-corrected chi connectivity index (χ1v) is 8.21. The molecule has 0 aromatic heterocycles. The normalized spacial score (nSPS) is 24.7. The molecule has 2 aromatic carbocycles. The summed E-state index contributed by atoms with van der Waals surface area (Å²) < 4.78 is 19.3. The number of halogens is 1. The Hall–Kier alpha value is -2.29. The fourth-order valence-electron chi connectivity index (χ4n) is 3.86. The van der Waals surface area contributed by atoms with E-state index in [1.54, 1.807) is 12.1 Å². The highest BCUT2D eigenvalue weighted by atomic mass is 19.1. The summed E-state index contributed by atoms with van der Waals surface area (Å²) in [5, 5.41) is 3.62. The van der Waals surface area contributed by atoms with Crippen LogP contribution in [0.5, 0.6) is 5.75 Å². The van der Waals surface area contributed by atoms with Crippen molar-refractivity contribution in [1.29, 1.82) is 0 Å². The standard InChI is InChI=1S/C20H20FNO/c1-2-23-15-9-10-19-18(12-15)16-7-4-8-17(16)20(22-19)13-5-3-6-14(21)11-13/h3-7,9-12,16-17,20,22H,2,8H2,1H3/t16-,17-,20-/m1/s1. The third-order valence-electron chi connectivity index (χ3n) is 4.85. The zero-order chi connectivity index (χ0) is 15.8. The van der Waals surface area contributed by atoms with Crippen LogP contribution in [-0.4, -0.2) is 6.61 Å². The SMILES string of the molecule is CCOc1ccc2c(c1)[C@@H]1C=CC[C@H]1[C@@H](c1cccc(F)c1)N2. The van der Waals surface area contributed by atoms with Crippen molar-refractivity contribution < 1.29 is 9.13 Å². The number of nitrogens with one attached hydrogen (secondary N) is 1. The van der Waals surface area contributed by atoms with Gasteiger partial charge in [0.15, 0.2) is 0 Å². The lowest BCUT2D eigenvalue weighted by atomic mass is 9.77. The molecule has 0 unspecified atom stereocenters. The molecule has 2 aliphatic rings. The maximum Gasteiger partial charge on any atom is 0.123 e. The molecule has 0 bridgehead atoms. The first kappa shape index (κ1) is 14.3. The summed E-state index contributed by atoms with van der Waals surface area (Å²) >= 11 is 0. The van der Waals surface area contributed by atoms with Gasteiger partial charge in [-0.2, -0.15) is 0 Å². The third kappa shape index (κ3) is 2.50. The molecular formula is C20H20FNO. The molecular weight excluding hydrogens is 289 g/mol. The van der Waals surface area contributed by atoms with Crippen molar-refractivity contribution >= 4 is 5.69 Å². The lowest BCUT2D eigenvalue weighted by molar-refractivity contribution is 0.338. The van der Waals surface area contributed by atoms with Gasteiger partial charge in [0.1, 0.15) is 11.6 Å². The zero-order valence-corrected chi connectivity index (χ0v) is 13.1. The molecule has 1 heterocycles. The molecule has 0 fully saturated rings. The molecule has 118 valence electrons. The van der Waals surface area contributed by atoms with Crippen molar-refractivity contribution in [3.8, 4) is 5.75 Å². The smallest absolute Gasteiger partial charge is 0.123 e. The lowest BCUT2D eigenvalue weighted by Gasteiger charge is -2.37. The lowest BCUT2D eigenvalue weighted by Crippen LogP contribution is -2.29. The maximum absolute atomic E-state index is 13.6. The number of anilines is 1. The summed E-state index contributed by atoms with van der Waals surface area (Å²) in [5.74, 6) is 1.52. The van der Waals surface area contributed by atoms with E-state index in [1.807, 2.05) is 19.1 Å². The number of ether oxygens (including phenoxy) is 1. The first-order valence-electron chi connectivity index (χ1n) is 8.21. The highest BCUT2D eigenvalue weighted by Crippen LogP contribution is 2.50. The van der Waals surface area contributed by atoms with E-state index in [1.165, 1.54) is 11.6 Å². The predicted octanol–water partition coefficient (Wildman–Crippen LogP) is 5.05. The van der Waals surface area contributed by atoms with E-state index < -0.39 is 0 Å². The molecule has 1 N–H and O–H groups in total. The molecule has 0 saturated heterocycles. The Kier molecular flexibility index (Phi) is 3.56. The van der Waals surface area contributed by atoms with Gasteiger partial charge in [-0.25, -0.2) is 4.39 Å². The van der Waals surface area contributed by atoms with Crippen LogP contribution in [0.25, 0.3) is 0 Å². The Morgan fingerprint density at radius 1 is 1.22 bits per heavy atom. The van der Waals surface area contributed by atoms with Crippen molar-refractivity contribution in [1.82, 2.24) is 0 Å². The molecule has 23 heavy (non-hydrogen) atoms. The summed E-state index contributed by atoms with van der Waals surface area (Å²) in [6.07, 6.45) is 5.54. The number of hydrogen-bond acceptors (Lipinski definition) is 2. The van der Waals surface area contributed by atoms with Crippen LogP contribution < -0.4 is 10.1 Å². The van der Waals surface area contributed by atoms with Gasteiger partial charge >= 0.3 is 0 Å². The minimum atomic E-state index is -0.177. The van der Waals surface area contributed by atoms with Gasteiger partial charge in [-0.15, -0.1) is 0 Å². The Bertz CT molecular complexity index is 755. The topological polar surface area (TPSA) is 21.3 Å². The first-order chi connectivity index (χ1) is 11.3. The van der Waals surface area contributed by atoms with Crippen molar-refractivity contribution in [3.05, 3.63) is 71.6 Å². The van der Waals surface area contributed by atoms with E-state index in [9.17, 15) is 4.39 Å². The van der Waals surface area contributed by atoms with E-state index in [2.05, 4.69) is 29.6 Å². The summed E-state index contributed by atoms with van der Waals surface area (Å²) in [6, 6.07) is 13.3. The van der Waals surface area contributed by atoms with Crippen molar-refractivity contribution in [2.75, 3.05) is 11.9 Å². The monoisotopic (exact) mass is 309 g/mol. The molecule has 0 saturated carbocycles. The van der Waals surface area contributed by atoms with Gasteiger partial charge in [0.25, 0.3) is 0 Å². The quantitative estimate of drug-likeness (QED) is 0.801. The van der Waals surface area contributed by atoms with E-state index >= 15 is 0 Å². The molecule has 0 amide bonds. The van der Waals surface area contributed by atoms with Gasteiger partial charge in [0.05, 0.1) is 12.6 Å². The average Bonchev–Trinajstić information content (AvgIpc) is 3.04. The fraction of sp³-hybridized carbons (Fsp3) is 0.300. The Labute approximate surface area is 136 Å². The van der Waals surface area contributed by atoms with Gasteiger partial charge < -0.3 is 10.1 Å². The minimum absolute atomic E-state index is 0.135. The second kappa shape index (κ2) is 5.73. The summed E-state index contributed by atoms with van der Waals surface area (Å²) in [4.78, 5) is 0. The average molecular weight is 309 g/mol. The Morgan fingerprint density at radius 3 is 2.96 bits per heavy atom. The van der Waals surface area contributed by atoms with Crippen molar-refractivity contribution in [2.45, 2.75) is 25.3 Å². The van der Waals surface area contributed by atoms with Crippen molar-refractivity contribution in [3.63, 3.8) is 0 Å². The third-order valence-corrected chi connectivity index (χ3v) is 4.85. The number of rotatable bonds is 3. The zero-order valence-electron chi connectivity index (χ0n) is 13.1. The largest absolute Gasteiger partial charge is 0.494 e. The van der Waals surface area contributed by atoms with Crippen LogP contribution in [-0.2, 0) is 0 Å². The summed E-state index contributed by atoms with van der Waals surface area (Å²) in [6.45, 7) is 2.66. The van der Waals surface area contributed by atoms with E-state index in [0.717, 1.165) is 23.4 Å². The molecule has 0 spiro atoms. The summed E-state index contributed by atoms with van der Waals surface area (Å²) in [5.41, 5.74) is 3.42. The fourth-order valence-corrected chi connectivity index (χ4v) is 3.86. The number of fused-ring (bicyclic) bond motifs is 3. The molecule has 2 aromatic rings. The molecule has 1 aliphatic heterocycles. The second-order valence-corrected chi connectivity index (χ2v) is 6.21. The summed E-state index contributed by atoms with van der Waals surface area (Å²) in [7, 11) is 0.